The van der Waals surface area contributed by atoms with Crippen LogP contribution in [0.15, 0.2) is 17.3 Å². The number of sulfonamides is 1. The molecule has 6 nitrogen and oxygen atoms in total. The maximum atomic E-state index is 12.0. The summed E-state index contributed by atoms with van der Waals surface area (Å²) in [4.78, 5) is 0. The number of H-pyrrole nitrogens is 1. The molecule has 0 bridgehead atoms. The third kappa shape index (κ3) is 1.90. The second-order valence-electron chi connectivity index (χ2n) is 3.43. The molecular weight excluding hydrogens is 218 g/mol. The molecule has 84 valence electrons. The second-order valence-corrected chi connectivity index (χ2v) is 5.34. The van der Waals surface area contributed by atoms with E-state index in [0.717, 1.165) is 6.42 Å². The van der Waals surface area contributed by atoms with Gasteiger partial charge in [-0.2, -0.15) is 9.40 Å². The summed E-state index contributed by atoms with van der Waals surface area (Å²) in [6.45, 7) is 0.914. The smallest absolute Gasteiger partial charge is 0.260 e. The van der Waals surface area contributed by atoms with Crippen molar-refractivity contribution < 1.29 is 13.2 Å². The van der Waals surface area contributed by atoms with E-state index in [-0.39, 0.29) is 11.1 Å². The molecule has 0 aromatic carbocycles. The van der Waals surface area contributed by atoms with Crippen LogP contribution >= 0.6 is 0 Å². The summed E-state index contributed by atoms with van der Waals surface area (Å²) < 4.78 is 30.4. The Labute approximate surface area is 88.3 Å². The fourth-order valence-electron chi connectivity index (χ4n) is 1.63. The standard InChI is InChI=1S/C8H13N3O3S/c1-14-7-3-5-11(6-7)15(12,13)8-2-4-9-10-8/h2,4,7H,3,5-6H2,1H3,(H,9,10). The van der Waals surface area contributed by atoms with Gasteiger partial charge in [0.25, 0.3) is 10.0 Å². The van der Waals surface area contributed by atoms with E-state index in [4.69, 9.17) is 4.74 Å². The van der Waals surface area contributed by atoms with Gasteiger partial charge in [0.05, 0.1) is 12.3 Å². The molecule has 0 saturated carbocycles. The molecule has 0 spiro atoms. The Morgan fingerprint density at radius 2 is 2.47 bits per heavy atom. The zero-order chi connectivity index (χ0) is 10.9. The summed E-state index contributed by atoms with van der Waals surface area (Å²) in [5, 5.41) is 6.24. The lowest BCUT2D eigenvalue weighted by Crippen LogP contribution is -2.30. The molecule has 7 heteroatoms. The van der Waals surface area contributed by atoms with Crippen molar-refractivity contribution in [3.63, 3.8) is 0 Å². The molecule has 2 heterocycles. The van der Waals surface area contributed by atoms with Gasteiger partial charge in [0.1, 0.15) is 0 Å². The molecule has 1 fully saturated rings. The van der Waals surface area contributed by atoms with Crippen LogP contribution in [-0.2, 0) is 14.8 Å². The van der Waals surface area contributed by atoms with E-state index >= 15 is 0 Å². The zero-order valence-electron chi connectivity index (χ0n) is 8.38. The quantitative estimate of drug-likeness (QED) is 0.783. The van der Waals surface area contributed by atoms with E-state index in [1.165, 1.54) is 16.6 Å². The van der Waals surface area contributed by atoms with Crippen molar-refractivity contribution in [3.05, 3.63) is 12.3 Å². The first kappa shape index (κ1) is 10.6. The minimum Gasteiger partial charge on any atom is -0.380 e. The summed E-state index contributed by atoms with van der Waals surface area (Å²) in [6, 6.07) is 1.45. The molecular formula is C8H13N3O3S. The first-order valence-corrected chi connectivity index (χ1v) is 6.11. The van der Waals surface area contributed by atoms with E-state index in [2.05, 4.69) is 10.2 Å². The molecule has 1 aromatic rings. The highest BCUT2D eigenvalue weighted by Crippen LogP contribution is 2.20. The number of ether oxygens (including phenoxy) is 1. The zero-order valence-corrected chi connectivity index (χ0v) is 9.20. The molecule has 0 amide bonds. The van der Waals surface area contributed by atoms with E-state index in [0.29, 0.717) is 13.1 Å². The van der Waals surface area contributed by atoms with Crippen molar-refractivity contribution in [2.24, 2.45) is 0 Å². The molecule has 1 N–H and O–H groups in total. The fourth-order valence-corrected chi connectivity index (χ4v) is 3.02. The first-order chi connectivity index (χ1) is 7.14. The van der Waals surface area contributed by atoms with Gasteiger partial charge in [0.15, 0.2) is 5.03 Å². The minimum atomic E-state index is -3.40. The van der Waals surface area contributed by atoms with Crippen LogP contribution in [0.2, 0.25) is 0 Å². The Balaban J connectivity index is 2.18. The van der Waals surface area contributed by atoms with Gasteiger partial charge < -0.3 is 4.74 Å². The Morgan fingerprint density at radius 3 is 3.00 bits per heavy atom. The van der Waals surface area contributed by atoms with E-state index in [1.54, 1.807) is 7.11 Å². The predicted molar refractivity (Wildman–Crippen MR) is 52.8 cm³/mol. The monoisotopic (exact) mass is 231 g/mol. The molecule has 1 unspecified atom stereocenters. The summed E-state index contributed by atoms with van der Waals surface area (Å²) in [5.74, 6) is 0. The van der Waals surface area contributed by atoms with Crippen molar-refractivity contribution in [3.8, 4) is 0 Å². The lowest BCUT2D eigenvalue weighted by atomic mass is 10.3. The second kappa shape index (κ2) is 3.92. The van der Waals surface area contributed by atoms with E-state index in [9.17, 15) is 8.42 Å². The van der Waals surface area contributed by atoms with Crippen LogP contribution in [0, 0.1) is 0 Å². The van der Waals surface area contributed by atoms with Gasteiger partial charge in [0.2, 0.25) is 0 Å². The molecule has 1 aliphatic heterocycles. The van der Waals surface area contributed by atoms with Gasteiger partial charge in [-0.3, -0.25) is 5.10 Å². The SMILES string of the molecule is COC1CCN(S(=O)(=O)c2ccn[nH]2)C1. The number of hydrogen-bond acceptors (Lipinski definition) is 4. The van der Waals surface area contributed by atoms with Gasteiger partial charge in [0, 0.05) is 20.2 Å². The van der Waals surface area contributed by atoms with Crippen LogP contribution < -0.4 is 0 Å². The highest BCUT2D eigenvalue weighted by molar-refractivity contribution is 7.89. The number of nitrogens with one attached hydrogen (secondary N) is 1. The third-order valence-electron chi connectivity index (χ3n) is 2.53. The molecule has 1 aliphatic rings. The Hall–Kier alpha value is -0.920. The topological polar surface area (TPSA) is 75.3 Å². The van der Waals surface area contributed by atoms with Gasteiger partial charge in [-0.15, -0.1) is 0 Å². The Morgan fingerprint density at radius 1 is 1.67 bits per heavy atom. The maximum absolute atomic E-state index is 12.0. The van der Waals surface area contributed by atoms with Crippen LogP contribution in [0.1, 0.15) is 6.42 Å². The van der Waals surface area contributed by atoms with Crippen LogP contribution in [0.3, 0.4) is 0 Å². The number of aromatic nitrogens is 2. The molecule has 2 rings (SSSR count). The summed E-state index contributed by atoms with van der Waals surface area (Å²) in [6.07, 6.45) is 2.17. The number of methoxy groups -OCH3 is 1. The predicted octanol–water partition coefficient (Wildman–Crippen LogP) is -0.181. The average Bonchev–Trinajstić information content (AvgIpc) is 2.89. The summed E-state index contributed by atoms with van der Waals surface area (Å²) >= 11 is 0. The van der Waals surface area contributed by atoms with Crippen molar-refractivity contribution in [2.45, 2.75) is 17.6 Å². The highest BCUT2D eigenvalue weighted by Gasteiger charge is 2.33. The lowest BCUT2D eigenvalue weighted by molar-refractivity contribution is 0.115. The van der Waals surface area contributed by atoms with Crippen LogP contribution in [0.25, 0.3) is 0 Å². The van der Waals surface area contributed by atoms with Crippen molar-refractivity contribution in [2.75, 3.05) is 20.2 Å². The molecule has 15 heavy (non-hydrogen) atoms. The minimum absolute atomic E-state index is 0.00250. The van der Waals surface area contributed by atoms with Gasteiger partial charge in [-0.05, 0) is 12.5 Å². The van der Waals surface area contributed by atoms with Crippen LogP contribution in [0.5, 0.6) is 0 Å². The number of rotatable bonds is 3. The normalized spacial score (nSPS) is 23.4. The number of nitrogens with zero attached hydrogens (tertiary/aromatic N) is 2. The van der Waals surface area contributed by atoms with E-state index < -0.39 is 10.0 Å². The summed E-state index contributed by atoms with van der Waals surface area (Å²) in [7, 11) is -1.81. The van der Waals surface area contributed by atoms with Gasteiger partial charge in [-0.1, -0.05) is 0 Å². The molecule has 1 aromatic heterocycles. The largest absolute Gasteiger partial charge is 0.380 e. The number of aromatic amines is 1. The lowest BCUT2D eigenvalue weighted by Gasteiger charge is -2.14. The van der Waals surface area contributed by atoms with Crippen LogP contribution in [-0.4, -0.2) is 49.2 Å². The average molecular weight is 231 g/mol. The first-order valence-electron chi connectivity index (χ1n) is 4.67. The molecule has 0 radical (unpaired) electrons. The highest BCUT2D eigenvalue weighted by atomic mass is 32.2. The third-order valence-corrected chi connectivity index (χ3v) is 4.33. The molecule has 1 saturated heterocycles. The van der Waals surface area contributed by atoms with Crippen molar-refractivity contribution >= 4 is 10.0 Å². The Bertz CT molecular complexity index is 414. The molecule has 0 aliphatic carbocycles. The van der Waals surface area contributed by atoms with Crippen molar-refractivity contribution in [1.29, 1.82) is 0 Å². The maximum Gasteiger partial charge on any atom is 0.260 e. The Kier molecular flexibility index (Phi) is 2.76. The van der Waals surface area contributed by atoms with E-state index in [1.807, 2.05) is 0 Å². The fraction of sp³-hybridized carbons (Fsp3) is 0.625. The van der Waals surface area contributed by atoms with Crippen molar-refractivity contribution in [1.82, 2.24) is 14.5 Å². The molecule has 1 atom stereocenters. The van der Waals surface area contributed by atoms with Gasteiger partial charge in [-0.25, -0.2) is 8.42 Å². The number of hydrogen-bond donors (Lipinski definition) is 1. The summed E-state index contributed by atoms with van der Waals surface area (Å²) in [5.41, 5.74) is 0. The van der Waals surface area contributed by atoms with Crippen LogP contribution in [0.4, 0.5) is 0 Å². The van der Waals surface area contributed by atoms with Gasteiger partial charge >= 0.3 is 0 Å².